The lowest BCUT2D eigenvalue weighted by molar-refractivity contribution is -0.127. The Morgan fingerprint density at radius 3 is 1.89 bits per heavy atom. The van der Waals surface area contributed by atoms with Gasteiger partial charge in [-0.2, -0.15) is 0 Å². The van der Waals surface area contributed by atoms with Crippen LogP contribution in [0.5, 0.6) is 0 Å². The minimum absolute atomic E-state index is 0.0481. The van der Waals surface area contributed by atoms with E-state index in [2.05, 4.69) is 0 Å². The monoisotopic (exact) mass is 270 g/mol. The van der Waals surface area contributed by atoms with Crippen LogP contribution in [0.2, 0.25) is 0 Å². The summed E-state index contributed by atoms with van der Waals surface area (Å²) in [7, 11) is -2.91. The van der Waals surface area contributed by atoms with E-state index in [1.807, 2.05) is 0 Å². The maximum absolute atomic E-state index is 12.4. The largest absolute Gasteiger partial charge is 0.299 e. The molecule has 0 aromatic rings. The second kappa shape index (κ2) is 4.62. The molecule has 3 aliphatic rings. The fourth-order valence-corrected chi connectivity index (χ4v) is 6.72. The molecule has 0 radical (unpaired) electrons. The minimum atomic E-state index is -2.91. The third-order valence-electron chi connectivity index (χ3n) is 5.24. The van der Waals surface area contributed by atoms with Gasteiger partial charge in [0.05, 0.1) is 10.5 Å². The highest BCUT2D eigenvalue weighted by molar-refractivity contribution is 7.92. The quantitative estimate of drug-likeness (QED) is 0.774. The Labute approximate surface area is 109 Å². The first-order chi connectivity index (χ1) is 8.59. The van der Waals surface area contributed by atoms with E-state index >= 15 is 0 Å². The smallest absolute Gasteiger partial charge is 0.156 e. The highest BCUT2D eigenvalue weighted by Gasteiger charge is 2.46. The minimum Gasteiger partial charge on any atom is -0.299 e. The van der Waals surface area contributed by atoms with Gasteiger partial charge in [-0.15, -0.1) is 0 Å². The van der Waals surface area contributed by atoms with Gasteiger partial charge in [0.25, 0.3) is 0 Å². The van der Waals surface area contributed by atoms with E-state index in [0.29, 0.717) is 18.6 Å². The third-order valence-corrected chi connectivity index (χ3v) is 7.95. The molecule has 1 saturated carbocycles. The lowest BCUT2D eigenvalue weighted by Crippen LogP contribution is -2.46. The molecule has 2 aliphatic heterocycles. The van der Waals surface area contributed by atoms with E-state index in [1.54, 1.807) is 0 Å². The summed E-state index contributed by atoms with van der Waals surface area (Å²) in [5.41, 5.74) is 0. The molecule has 4 heteroatoms. The van der Waals surface area contributed by atoms with E-state index in [1.165, 1.54) is 12.8 Å². The fourth-order valence-electron chi connectivity index (χ4n) is 4.18. The van der Waals surface area contributed by atoms with Crippen molar-refractivity contribution in [3.8, 4) is 0 Å². The summed E-state index contributed by atoms with van der Waals surface area (Å²) in [6.45, 7) is 0. The normalized spacial score (nSPS) is 39.7. The molecule has 2 bridgehead atoms. The van der Waals surface area contributed by atoms with E-state index in [-0.39, 0.29) is 22.3 Å². The summed E-state index contributed by atoms with van der Waals surface area (Å²) in [5, 5.41) is -0.416. The highest BCUT2D eigenvalue weighted by atomic mass is 32.2. The summed E-state index contributed by atoms with van der Waals surface area (Å²) in [5.74, 6) is 0.683. The van der Waals surface area contributed by atoms with Crippen molar-refractivity contribution in [1.82, 2.24) is 0 Å². The molecule has 2 unspecified atom stereocenters. The zero-order valence-corrected chi connectivity index (χ0v) is 11.6. The van der Waals surface area contributed by atoms with Crippen LogP contribution in [-0.2, 0) is 14.6 Å². The van der Waals surface area contributed by atoms with E-state index in [4.69, 9.17) is 0 Å². The van der Waals surface area contributed by atoms with Crippen LogP contribution in [0.1, 0.15) is 57.8 Å². The third kappa shape index (κ3) is 2.02. The Hall–Kier alpha value is -0.380. The molecule has 102 valence electrons. The van der Waals surface area contributed by atoms with Crippen LogP contribution in [0, 0.1) is 11.8 Å². The van der Waals surface area contributed by atoms with Gasteiger partial charge in [-0.3, -0.25) is 4.79 Å². The first-order valence-corrected chi connectivity index (χ1v) is 8.96. The number of Topliss-reactive ketones (excluding diaryl/α,β-unsaturated/α-hetero) is 1. The Kier molecular flexibility index (Phi) is 3.25. The van der Waals surface area contributed by atoms with Crippen molar-refractivity contribution in [3.05, 3.63) is 0 Å². The number of hydrogen-bond donors (Lipinski definition) is 0. The van der Waals surface area contributed by atoms with E-state index in [0.717, 1.165) is 32.1 Å². The SMILES string of the molecule is O=C(C1CCCC1)C1CC2CCCC(C1)S2(=O)=O. The number of fused-ring (bicyclic) bond motifs is 2. The summed E-state index contributed by atoms with van der Waals surface area (Å²) in [6, 6.07) is 0. The molecule has 2 heterocycles. The predicted molar refractivity (Wildman–Crippen MR) is 70.0 cm³/mol. The van der Waals surface area contributed by atoms with Crippen LogP contribution in [0.25, 0.3) is 0 Å². The average Bonchev–Trinajstić information content (AvgIpc) is 2.79. The number of rotatable bonds is 2. The van der Waals surface area contributed by atoms with Crippen molar-refractivity contribution in [2.24, 2.45) is 11.8 Å². The van der Waals surface area contributed by atoms with Gasteiger partial charge in [-0.1, -0.05) is 19.3 Å². The van der Waals surface area contributed by atoms with Crippen LogP contribution >= 0.6 is 0 Å². The second-order valence-corrected chi connectivity index (χ2v) is 8.83. The fraction of sp³-hybridized carbons (Fsp3) is 0.929. The van der Waals surface area contributed by atoms with Crippen molar-refractivity contribution in [2.45, 2.75) is 68.3 Å². The lowest BCUT2D eigenvalue weighted by Gasteiger charge is -2.38. The Morgan fingerprint density at radius 1 is 0.778 bits per heavy atom. The average molecular weight is 270 g/mol. The maximum atomic E-state index is 12.4. The van der Waals surface area contributed by atoms with Crippen molar-refractivity contribution >= 4 is 15.6 Å². The van der Waals surface area contributed by atoms with Crippen molar-refractivity contribution in [2.75, 3.05) is 0 Å². The molecule has 0 N–H and O–H groups in total. The van der Waals surface area contributed by atoms with Crippen molar-refractivity contribution in [1.29, 1.82) is 0 Å². The second-order valence-electron chi connectivity index (χ2n) is 6.32. The van der Waals surface area contributed by atoms with E-state index in [9.17, 15) is 13.2 Å². The molecule has 1 aliphatic carbocycles. The van der Waals surface area contributed by atoms with Gasteiger partial charge in [0.1, 0.15) is 5.78 Å². The number of sulfone groups is 1. The van der Waals surface area contributed by atoms with Crippen LogP contribution in [0.4, 0.5) is 0 Å². The zero-order valence-electron chi connectivity index (χ0n) is 10.8. The van der Waals surface area contributed by atoms with Crippen molar-refractivity contribution in [3.63, 3.8) is 0 Å². The predicted octanol–water partition coefficient (Wildman–Crippen LogP) is 2.49. The first-order valence-electron chi connectivity index (χ1n) is 7.35. The van der Waals surface area contributed by atoms with Gasteiger partial charge in [-0.25, -0.2) is 8.42 Å². The number of hydrogen-bond acceptors (Lipinski definition) is 3. The highest BCUT2D eigenvalue weighted by Crippen LogP contribution is 2.41. The molecule has 3 rings (SSSR count). The summed E-state index contributed by atoms with van der Waals surface area (Å²) >= 11 is 0. The molecule has 3 nitrogen and oxygen atoms in total. The number of ketones is 1. The molecular weight excluding hydrogens is 248 g/mol. The summed E-state index contributed by atoms with van der Waals surface area (Å²) in [6.07, 6.45) is 8.26. The van der Waals surface area contributed by atoms with Gasteiger partial charge in [-0.05, 0) is 38.5 Å². The zero-order chi connectivity index (χ0) is 12.8. The van der Waals surface area contributed by atoms with Crippen LogP contribution < -0.4 is 0 Å². The molecule has 0 aromatic heterocycles. The lowest BCUT2D eigenvalue weighted by atomic mass is 9.82. The Balaban J connectivity index is 1.75. The molecule has 0 spiro atoms. The van der Waals surface area contributed by atoms with Crippen LogP contribution in [0.3, 0.4) is 0 Å². The van der Waals surface area contributed by atoms with Gasteiger partial charge >= 0.3 is 0 Å². The number of carbonyl (C=O) groups is 1. The van der Waals surface area contributed by atoms with Gasteiger partial charge in [0, 0.05) is 11.8 Å². The molecular formula is C14H22O3S. The molecule has 2 saturated heterocycles. The van der Waals surface area contributed by atoms with Crippen LogP contribution in [-0.4, -0.2) is 24.7 Å². The Morgan fingerprint density at radius 2 is 1.33 bits per heavy atom. The molecule has 18 heavy (non-hydrogen) atoms. The van der Waals surface area contributed by atoms with Gasteiger partial charge in [0.2, 0.25) is 0 Å². The summed E-state index contributed by atoms with van der Waals surface area (Å²) < 4.78 is 24.3. The Bertz CT molecular complexity index is 414. The van der Waals surface area contributed by atoms with Crippen LogP contribution in [0.15, 0.2) is 0 Å². The topological polar surface area (TPSA) is 51.2 Å². The maximum Gasteiger partial charge on any atom is 0.156 e. The van der Waals surface area contributed by atoms with Gasteiger partial charge < -0.3 is 0 Å². The molecule has 3 fully saturated rings. The number of carbonyl (C=O) groups excluding carboxylic acids is 1. The van der Waals surface area contributed by atoms with Crippen molar-refractivity contribution < 1.29 is 13.2 Å². The van der Waals surface area contributed by atoms with E-state index < -0.39 is 9.84 Å². The summed E-state index contributed by atoms with van der Waals surface area (Å²) in [4.78, 5) is 12.4. The molecule has 0 aromatic carbocycles. The first kappa shape index (κ1) is 12.6. The standard InChI is InChI=1S/C14H22O3S/c15-14(10-4-1-2-5-10)11-8-12-6-3-7-13(9-11)18(12,16)17/h10-13H,1-9H2. The van der Waals surface area contributed by atoms with Gasteiger partial charge in [0.15, 0.2) is 9.84 Å². The molecule has 2 atom stereocenters. The molecule has 0 amide bonds.